The van der Waals surface area contributed by atoms with Crippen molar-refractivity contribution in [3.8, 4) is 0 Å². The van der Waals surface area contributed by atoms with Gasteiger partial charge in [-0.25, -0.2) is 0 Å². The van der Waals surface area contributed by atoms with Crippen molar-refractivity contribution in [2.45, 2.75) is 45.6 Å². The van der Waals surface area contributed by atoms with Gasteiger partial charge >= 0.3 is 0 Å². The van der Waals surface area contributed by atoms with E-state index in [4.69, 9.17) is 0 Å². The monoisotopic (exact) mass is 371 g/mol. The number of hydrogen-bond acceptors (Lipinski definition) is 3. The summed E-state index contributed by atoms with van der Waals surface area (Å²) in [5, 5.41) is 5.84. The summed E-state index contributed by atoms with van der Waals surface area (Å²) in [4.78, 5) is 4.23. The third kappa shape index (κ3) is 3.73. The maximum atomic E-state index is 3.68. The lowest BCUT2D eigenvalue weighted by molar-refractivity contribution is 0.603. The number of hydrogen-bond donors (Lipinski definition) is 1. The van der Waals surface area contributed by atoms with E-state index in [1.165, 1.54) is 19.1 Å². The summed E-state index contributed by atoms with van der Waals surface area (Å²) < 4.78 is 1.21. The van der Waals surface area contributed by atoms with E-state index in [0.717, 1.165) is 13.0 Å². The van der Waals surface area contributed by atoms with Crippen LogP contribution in [0.25, 0.3) is 0 Å². The van der Waals surface area contributed by atoms with Gasteiger partial charge < -0.3 is 5.32 Å². The van der Waals surface area contributed by atoms with Crippen molar-refractivity contribution < 1.29 is 0 Å². The first-order valence-corrected chi connectivity index (χ1v) is 9.49. The van der Waals surface area contributed by atoms with Crippen molar-refractivity contribution in [2.24, 2.45) is 0 Å². The molecule has 0 radical (unpaired) electrons. The topological polar surface area (TPSA) is 12.0 Å². The van der Waals surface area contributed by atoms with Gasteiger partial charge in [-0.2, -0.15) is 0 Å². The van der Waals surface area contributed by atoms with E-state index in [2.05, 4.69) is 72.5 Å². The molecule has 110 valence electrons. The lowest BCUT2D eigenvalue weighted by Crippen LogP contribution is -2.21. The minimum atomic E-state index is 0.227. The van der Waals surface area contributed by atoms with E-state index in [0.29, 0.717) is 6.04 Å². The first-order valence-electron chi connectivity index (χ1n) is 7.00. The normalized spacial score (nSPS) is 13.7. The largest absolute Gasteiger partial charge is 0.305 e. The van der Waals surface area contributed by atoms with Gasteiger partial charge in [-0.15, -0.1) is 22.7 Å². The summed E-state index contributed by atoms with van der Waals surface area (Å²) in [6.07, 6.45) is 1.15. The molecule has 0 saturated heterocycles. The van der Waals surface area contributed by atoms with Crippen molar-refractivity contribution in [3.63, 3.8) is 0 Å². The molecule has 1 unspecified atom stereocenters. The minimum absolute atomic E-state index is 0.227. The molecule has 0 aliphatic carbocycles. The Kier molecular flexibility index (Phi) is 5.46. The van der Waals surface area contributed by atoms with Crippen molar-refractivity contribution in [1.29, 1.82) is 0 Å². The SMILES string of the molecule is CCCNC(c1ccc(C(C)(C)C)s1)c1sccc1Br. The Morgan fingerprint density at radius 1 is 1.25 bits per heavy atom. The Balaban J connectivity index is 2.32. The van der Waals surface area contributed by atoms with Crippen LogP contribution in [-0.4, -0.2) is 6.54 Å². The highest BCUT2D eigenvalue weighted by Crippen LogP contribution is 2.38. The molecule has 2 aromatic rings. The summed E-state index contributed by atoms with van der Waals surface area (Å²) in [7, 11) is 0. The predicted octanol–water partition coefficient (Wildman–Crippen LogP) is 5.96. The second-order valence-electron chi connectivity index (χ2n) is 5.97. The Hall–Kier alpha value is -0.160. The second-order valence-corrected chi connectivity index (χ2v) is 8.89. The highest BCUT2D eigenvalue weighted by Gasteiger charge is 2.22. The summed E-state index contributed by atoms with van der Waals surface area (Å²) in [6, 6.07) is 7.01. The predicted molar refractivity (Wildman–Crippen MR) is 95.2 cm³/mol. The van der Waals surface area contributed by atoms with Crippen LogP contribution in [0.4, 0.5) is 0 Å². The van der Waals surface area contributed by atoms with Gasteiger partial charge in [0.15, 0.2) is 0 Å². The van der Waals surface area contributed by atoms with Crippen LogP contribution in [0.3, 0.4) is 0 Å². The highest BCUT2D eigenvalue weighted by molar-refractivity contribution is 9.10. The van der Waals surface area contributed by atoms with E-state index in [1.807, 2.05) is 22.7 Å². The van der Waals surface area contributed by atoms with Crippen LogP contribution in [0.1, 0.15) is 54.8 Å². The van der Waals surface area contributed by atoms with Gasteiger partial charge in [-0.1, -0.05) is 27.7 Å². The zero-order chi connectivity index (χ0) is 14.8. The Morgan fingerprint density at radius 2 is 2.00 bits per heavy atom. The van der Waals surface area contributed by atoms with Crippen LogP contribution in [0.2, 0.25) is 0 Å². The Bertz CT molecular complexity index is 551. The maximum absolute atomic E-state index is 3.68. The molecule has 0 aromatic carbocycles. The maximum Gasteiger partial charge on any atom is 0.0776 e. The van der Waals surface area contributed by atoms with Crippen molar-refractivity contribution in [1.82, 2.24) is 5.32 Å². The fraction of sp³-hybridized carbons (Fsp3) is 0.500. The number of thiophene rings is 2. The zero-order valence-electron chi connectivity index (χ0n) is 12.5. The molecule has 2 aromatic heterocycles. The second kappa shape index (κ2) is 6.73. The molecule has 2 heterocycles. The third-order valence-electron chi connectivity index (χ3n) is 3.16. The molecule has 0 spiro atoms. The molecule has 0 amide bonds. The molecule has 20 heavy (non-hydrogen) atoms. The fourth-order valence-electron chi connectivity index (χ4n) is 2.03. The lowest BCUT2D eigenvalue weighted by Gasteiger charge is -2.18. The first kappa shape index (κ1) is 16.2. The summed E-state index contributed by atoms with van der Waals surface area (Å²) in [5.41, 5.74) is 0.227. The Labute approximate surface area is 138 Å². The van der Waals surface area contributed by atoms with Gasteiger partial charge in [-0.05, 0) is 57.9 Å². The smallest absolute Gasteiger partial charge is 0.0776 e. The summed E-state index contributed by atoms with van der Waals surface area (Å²) in [6.45, 7) is 10.1. The number of halogens is 1. The van der Waals surface area contributed by atoms with Crippen molar-refractivity contribution >= 4 is 38.6 Å². The lowest BCUT2D eigenvalue weighted by atomic mass is 9.95. The molecule has 0 aliphatic rings. The van der Waals surface area contributed by atoms with E-state index in [1.54, 1.807) is 0 Å². The van der Waals surface area contributed by atoms with Crippen molar-refractivity contribution in [2.75, 3.05) is 6.54 Å². The molecular formula is C16H22BrNS2. The average molecular weight is 372 g/mol. The van der Waals surface area contributed by atoms with Gasteiger partial charge in [-0.3, -0.25) is 0 Å². The summed E-state index contributed by atoms with van der Waals surface area (Å²) >= 11 is 7.42. The number of nitrogens with one attached hydrogen (secondary N) is 1. The molecule has 0 fully saturated rings. The minimum Gasteiger partial charge on any atom is -0.305 e. The molecule has 1 N–H and O–H groups in total. The van der Waals surface area contributed by atoms with E-state index in [-0.39, 0.29) is 5.41 Å². The highest BCUT2D eigenvalue weighted by atomic mass is 79.9. The van der Waals surface area contributed by atoms with Gasteiger partial charge in [0.05, 0.1) is 6.04 Å². The van der Waals surface area contributed by atoms with E-state index >= 15 is 0 Å². The number of rotatable bonds is 5. The molecule has 0 aliphatic heterocycles. The molecular weight excluding hydrogens is 350 g/mol. The Morgan fingerprint density at radius 3 is 2.50 bits per heavy atom. The van der Waals surface area contributed by atoms with Crippen LogP contribution < -0.4 is 5.32 Å². The van der Waals surface area contributed by atoms with Gasteiger partial charge in [0.25, 0.3) is 0 Å². The standard InChI is InChI=1S/C16H22BrNS2/c1-5-9-18-14(15-11(17)8-10-19-15)12-6-7-13(20-12)16(2,3)4/h6-8,10,14,18H,5,9H2,1-4H3. The fourth-order valence-corrected chi connectivity index (χ4v) is 4.95. The van der Waals surface area contributed by atoms with Crippen LogP contribution >= 0.6 is 38.6 Å². The van der Waals surface area contributed by atoms with Crippen LogP contribution in [0, 0.1) is 0 Å². The third-order valence-corrected chi connectivity index (χ3v) is 6.67. The first-order chi connectivity index (χ1) is 9.43. The van der Waals surface area contributed by atoms with E-state index < -0.39 is 0 Å². The molecule has 1 atom stereocenters. The van der Waals surface area contributed by atoms with Gasteiger partial charge in [0, 0.05) is 19.1 Å². The van der Waals surface area contributed by atoms with Gasteiger partial charge in [0.1, 0.15) is 0 Å². The molecule has 4 heteroatoms. The molecule has 0 saturated carbocycles. The van der Waals surface area contributed by atoms with Gasteiger partial charge in [0.2, 0.25) is 0 Å². The average Bonchev–Trinajstić information content (AvgIpc) is 2.99. The zero-order valence-corrected chi connectivity index (χ0v) is 15.7. The quantitative estimate of drug-likeness (QED) is 0.683. The van der Waals surface area contributed by atoms with Crippen LogP contribution in [0.5, 0.6) is 0 Å². The van der Waals surface area contributed by atoms with Crippen LogP contribution in [-0.2, 0) is 5.41 Å². The van der Waals surface area contributed by atoms with Crippen molar-refractivity contribution in [3.05, 3.63) is 42.7 Å². The molecule has 0 bridgehead atoms. The molecule has 2 rings (SSSR count). The molecule has 1 nitrogen and oxygen atoms in total. The van der Waals surface area contributed by atoms with E-state index in [9.17, 15) is 0 Å². The summed E-state index contributed by atoms with van der Waals surface area (Å²) in [5.74, 6) is 0. The van der Waals surface area contributed by atoms with Crippen LogP contribution in [0.15, 0.2) is 28.1 Å².